The molecule has 0 aromatic heterocycles. The molecule has 0 saturated heterocycles. The van der Waals surface area contributed by atoms with E-state index >= 15 is 0 Å². The number of hydrogen-bond acceptors (Lipinski definition) is 2. The smallest absolute Gasteiger partial charge is 0.0592 e. The zero-order chi connectivity index (χ0) is 7.49. The standard InChI is InChI=1S/C7H17NO/c1-6(8)4-5-7(2,3)9/h6,9H,4-5,8H2,1-3H3/t6-/m0/s1. The quantitative estimate of drug-likeness (QED) is 0.597. The number of rotatable bonds is 3. The van der Waals surface area contributed by atoms with Crippen molar-refractivity contribution in [2.75, 3.05) is 0 Å². The minimum atomic E-state index is -0.548. The summed E-state index contributed by atoms with van der Waals surface area (Å²) in [5.74, 6) is 0. The van der Waals surface area contributed by atoms with Crippen LogP contribution in [-0.4, -0.2) is 16.7 Å². The van der Waals surface area contributed by atoms with Gasteiger partial charge in [-0.2, -0.15) is 0 Å². The second kappa shape index (κ2) is 3.18. The van der Waals surface area contributed by atoms with Gasteiger partial charge in [0.05, 0.1) is 5.60 Å². The summed E-state index contributed by atoms with van der Waals surface area (Å²) in [5.41, 5.74) is 4.94. The summed E-state index contributed by atoms with van der Waals surface area (Å²) in [5, 5.41) is 9.21. The maximum absolute atomic E-state index is 9.21. The highest BCUT2D eigenvalue weighted by Gasteiger charge is 2.12. The molecule has 0 heterocycles. The first-order chi connectivity index (χ1) is 3.92. The van der Waals surface area contributed by atoms with Gasteiger partial charge in [0.25, 0.3) is 0 Å². The van der Waals surface area contributed by atoms with Gasteiger partial charge in [0.2, 0.25) is 0 Å². The molecular formula is C7H17NO. The Bertz CT molecular complexity index is 73.5. The fraction of sp³-hybridized carbons (Fsp3) is 1.00. The highest BCUT2D eigenvalue weighted by atomic mass is 16.3. The van der Waals surface area contributed by atoms with Gasteiger partial charge < -0.3 is 10.8 Å². The lowest BCUT2D eigenvalue weighted by Gasteiger charge is -2.17. The molecule has 2 nitrogen and oxygen atoms in total. The van der Waals surface area contributed by atoms with Crippen LogP contribution in [-0.2, 0) is 0 Å². The van der Waals surface area contributed by atoms with Crippen molar-refractivity contribution in [2.24, 2.45) is 5.73 Å². The van der Waals surface area contributed by atoms with E-state index in [1.54, 1.807) is 13.8 Å². The Morgan fingerprint density at radius 3 is 2.11 bits per heavy atom. The molecule has 0 aliphatic rings. The summed E-state index contributed by atoms with van der Waals surface area (Å²) in [6.45, 7) is 5.55. The minimum Gasteiger partial charge on any atom is -0.390 e. The van der Waals surface area contributed by atoms with Crippen molar-refractivity contribution < 1.29 is 5.11 Å². The van der Waals surface area contributed by atoms with Crippen molar-refractivity contribution in [3.05, 3.63) is 0 Å². The molecule has 0 unspecified atom stereocenters. The number of nitrogens with two attached hydrogens (primary N) is 1. The van der Waals surface area contributed by atoms with E-state index in [4.69, 9.17) is 5.73 Å². The minimum absolute atomic E-state index is 0.205. The van der Waals surface area contributed by atoms with Crippen molar-refractivity contribution in [1.82, 2.24) is 0 Å². The Morgan fingerprint density at radius 2 is 2.00 bits per heavy atom. The van der Waals surface area contributed by atoms with Crippen LogP contribution in [0.1, 0.15) is 33.6 Å². The fourth-order valence-electron chi connectivity index (χ4n) is 0.581. The zero-order valence-electron chi connectivity index (χ0n) is 6.52. The summed E-state index contributed by atoms with van der Waals surface area (Å²) >= 11 is 0. The third kappa shape index (κ3) is 7.92. The second-order valence-electron chi connectivity index (χ2n) is 3.33. The molecule has 56 valence electrons. The SMILES string of the molecule is C[C@H](N)CCC(C)(C)O. The van der Waals surface area contributed by atoms with Crippen LogP contribution in [0.4, 0.5) is 0 Å². The average Bonchev–Trinajstić information content (AvgIpc) is 1.59. The summed E-state index contributed by atoms with van der Waals surface area (Å²) in [6, 6.07) is 0.205. The Balaban J connectivity index is 3.28. The first-order valence-electron chi connectivity index (χ1n) is 3.40. The summed E-state index contributed by atoms with van der Waals surface area (Å²) in [6.07, 6.45) is 1.67. The normalized spacial score (nSPS) is 15.7. The van der Waals surface area contributed by atoms with Crippen LogP contribution in [0.15, 0.2) is 0 Å². The van der Waals surface area contributed by atoms with Gasteiger partial charge in [0.1, 0.15) is 0 Å². The van der Waals surface area contributed by atoms with Crippen LogP contribution >= 0.6 is 0 Å². The maximum atomic E-state index is 9.21. The average molecular weight is 131 g/mol. The highest BCUT2D eigenvalue weighted by Crippen LogP contribution is 2.10. The van der Waals surface area contributed by atoms with Gasteiger partial charge >= 0.3 is 0 Å². The number of hydrogen-bond donors (Lipinski definition) is 2. The van der Waals surface area contributed by atoms with Crippen molar-refractivity contribution in [1.29, 1.82) is 0 Å². The lowest BCUT2D eigenvalue weighted by atomic mass is 10.0. The molecule has 1 atom stereocenters. The molecule has 3 N–H and O–H groups in total. The van der Waals surface area contributed by atoms with Gasteiger partial charge in [-0.25, -0.2) is 0 Å². The Morgan fingerprint density at radius 1 is 1.56 bits per heavy atom. The van der Waals surface area contributed by atoms with E-state index in [0.29, 0.717) is 0 Å². The Kier molecular flexibility index (Phi) is 3.15. The Labute approximate surface area is 57.1 Å². The lowest BCUT2D eigenvalue weighted by molar-refractivity contribution is 0.0672. The second-order valence-corrected chi connectivity index (χ2v) is 3.33. The van der Waals surface area contributed by atoms with Crippen LogP contribution in [0, 0.1) is 0 Å². The molecule has 0 aromatic carbocycles. The molecule has 0 saturated carbocycles. The molecular weight excluding hydrogens is 114 g/mol. The van der Waals surface area contributed by atoms with Crippen molar-refractivity contribution >= 4 is 0 Å². The van der Waals surface area contributed by atoms with Gasteiger partial charge in [-0.1, -0.05) is 0 Å². The third-order valence-electron chi connectivity index (χ3n) is 1.21. The van der Waals surface area contributed by atoms with Crippen molar-refractivity contribution in [3.63, 3.8) is 0 Å². The molecule has 0 amide bonds. The van der Waals surface area contributed by atoms with E-state index in [9.17, 15) is 5.11 Å². The van der Waals surface area contributed by atoms with Crippen LogP contribution in [0.25, 0.3) is 0 Å². The summed E-state index contributed by atoms with van der Waals surface area (Å²) in [4.78, 5) is 0. The van der Waals surface area contributed by atoms with Crippen LogP contribution in [0.2, 0.25) is 0 Å². The van der Waals surface area contributed by atoms with Gasteiger partial charge in [0, 0.05) is 6.04 Å². The summed E-state index contributed by atoms with van der Waals surface area (Å²) in [7, 11) is 0. The molecule has 2 heteroatoms. The largest absolute Gasteiger partial charge is 0.390 e. The van der Waals surface area contributed by atoms with Crippen LogP contribution in [0.5, 0.6) is 0 Å². The highest BCUT2D eigenvalue weighted by molar-refractivity contribution is 4.67. The molecule has 0 aromatic rings. The molecule has 9 heavy (non-hydrogen) atoms. The first-order valence-corrected chi connectivity index (χ1v) is 3.40. The zero-order valence-corrected chi connectivity index (χ0v) is 6.52. The van der Waals surface area contributed by atoms with Crippen molar-refractivity contribution in [2.45, 2.75) is 45.3 Å². The van der Waals surface area contributed by atoms with E-state index in [2.05, 4.69) is 0 Å². The van der Waals surface area contributed by atoms with Gasteiger partial charge in [-0.15, -0.1) is 0 Å². The molecule has 0 aliphatic carbocycles. The predicted molar refractivity (Wildman–Crippen MR) is 39.2 cm³/mol. The van der Waals surface area contributed by atoms with Gasteiger partial charge in [0.15, 0.2) is 0 Å². The van der Waals surface area contributed by atoms with E-state index in [0.717, 1.165) is 12.8 Å². The monoisotopic (exact) mass is 131 g/mol. The number of aliphatic hydroxyl groups is 1. The van der Waals surface area contributed by atoms with E-state index in [-0.39, 0.29) is 6.04 Å². The van der Waals surface area contributed by atoms with Crippen LogP contribution in [0.3, 0.4) is 0 Å². The topological polar surface area (TPSA) is 46.2 Å². The molecule has 0 rings (SSSR count). The molecule has 0 radical (unpaired) electrons. The van der Waals surface area contributed by atoms with E-state index in [1.165, 1.54) is 0 Å². The lowest BCUT2D eigenvalue weighted by Crippen LogP contribution is -2.23. The van der Waals surface area contributed by atoms with Crippen molar-refractivity contribution in [3.8, 4) is 0 Å². The maximum Gasteiger partial charge on any atom is 0.0592 e. The predicted octanol–water partition coefficient (Wildman–Crippen LogP) is 0.885. The molecule has 0 spiro atoms. The first kappa shape index (κ1) is 8.92. The fourth-order valence-corrected chi connectivity index (χ4v) is 0.581. The van der Waals surface area contributed by atoms with Gasteiger partial charge in [-0.05, 0) is 33.6 Å². The summed E-state index contributed by atoms with van der Waals surface area (Å²) < 4.78 is 0. The van der Waals surface area contributed by atoms with E-state index in [1.807, 2.05) is 6.92 Å². The van der Waals surface area contributed by atoms with Crippen LogP contribution < -0.4 is 5.73 Å². The molecule has 0 bridgehead atoms. The van der Waals surface area contributed by atoms with Gasteiger partial charge in [-0.3, -0.25) is 0 Å². The molecule has 0 fully saturated rings. The van der Waals surface area contributed by atoms with E-state index < -0.39 is 5.60 Å². The third-order valence-corrected chi connectivity index (χ3v) is 1.21. The molecule has 0 aliphatic heterocycles. The Hall–Kier alpha value is -0.0800.